The lowest BCUT2D eigenvalue weighted by Gasteiger charge is -2.13. The Labute approximate surface area is 134 Å². The van der Waals surface area contributed by atoms with Crippen molar-refractivity contribution in [2.24, 2.45) is 0 Å². The summed E-state index contributed by atoms with van der Waals surface area (Å²) >= 11 is 0. The molecule has 1 atom stereocenters. The number of halogens is 4. The number of ether oxygens (including phenoxy) is 2. The Kier molecular flexibility index (Phi) is 4.56. The zero-order chi connectivity index (χ0) is 17.2. The van der Waals surface area contributed by atoms with Gasteiger partial charge in [-0.25, -0.2) is 15.2 Å². The van der Waals surface area contributed by atoms with E-state index in [1.165, 1.54) is 6.07 Å². The van der Waals surface area contributed by atoms with Crippen LogP contribution in [-0.4, -0.2) is 19.1 Å². The Bertz CT molecular complexity index is 701. The number of hydrogen-bond acceptors (Lipinski definition) is 5. The highest BCUT2D eigenvalue weighted by Gasteiger charge is 2.32. The second-order valence-corrected chi connectivity index (χ2v) is 4.97. The van der Waals surface area contributed by atoms with E-state index in [0.29, 0.717) is 23.4 Å². The van der Waals surface area contributed by atoms with Crippen LogP contribution >= 0.6 is 0 Å². The van der Waals surface area contributed by atoms with Crippen LogP contribution in [0.25, 0.3) is 11.1 Å². The Morgan fingerprint density at radius 3 is 2.29 bits per heavy atom. The lowest BCUT2D eigenvalue weighted by atomic mass is 10.1. The van der Waals surface area contributed by atoms with E-state index in [1.807, 2.05) is 0 Å². The first-order valence-electron chi connectivity index (χ1n) is 6.96. The number of nitrogens with one attached hydrogen (secondary N) is 3. The van der Waals surface area contributed by atoms with E-state index in [-0.39, 0.29) is 6.23 Å². The average Bonchev–Trinajstić information content (AvgIpc) is 3.02. The first-order valence-corrected chi connectivity index (χ1v) is 6.96. The molecule has 0 aromatic heterocycles. The predicted molar refractivity (Wildman–Crippen MR) is 77.2 cm³/mol. The zero-order valence-corrected chi connectivity index (χ0v) is 12.2. The maximum Gasteiger partial charge on any atom is 0.573 e. The molecule has 0 radical (unpaired) electrons. The Balaban J connectivity index is 1.73. The van der Waals surface area contributed by atoms with Crippen molar-refractivity contribution in [3.8, 4) is 22.6 Å². The third kappa shape index (κ3) is 4.13. The van der Waals surface area contributed by atoms with Gasteiger partial charge in [0.05, 0.1) is 6.54 Å². The molecule has 128 valence electrons. The molecule has 1 heterocycles. The van der Waals surface area contributed by atoms with Gasteiger partial charge in [-0.15, -0.1) is 13.2 Å². The van der Waals surface area contributed by atoms with Crippen molar-refractivity contribution in [2.75, 3.05) is 6.54 Å². The van der Waals surface area contributed by atoms with Gasteiger partial charge in [0.1, 0.15) is 5.75 Å². The van der Waals surface area contributed by atoms with Gasteiger partial charge in [0.15, 0.2) is 17.8 Å². The molecule has 2 aromatic rings. The lowest BCUT2D eigenvalue weighted by Crippen LogP contribution is -2.36. The molecule has 0 bridgehead atoms. The van der Waals surface area contributed by atoms with E-state index in [1.54, 1.807) is 24.3 Å². The molecule has 0 spiro atoms. The minimum Gasteiger partial charge on any atom is -0.473 e. The van der Waals surface area contributed by atoms with E-state index in [9.17, 15) is 17.6 Å². The number of benzene rings is 2. The third-order valence-corrected chi connectivity index (χ3v) is 3.23. The average molecular weight is 343 g/mol. The summed E-state index contributed by atoms with van der Waals surface area (Å²) in [6.07, 6.45) is -5.16. The second kappa shape index (κ2) is 6.63. The van der Waals surface area contributed by atoms with Crippen LogP contribution in [0.15, 0.2) is 42.5 Å². The van der Waals surface area contributed by atoms with Crippen LogP contribution in [0.1, 0.15) is 0 Å². The third-order valence-electron chi connectivity index (χ3n) is 3.23. The second-order valence-electron chi connectivity index (χ2n) is 4.97. The summed E-state index contributed by atoms with van der Waals surface area (Å²) in [4.78, 5) is 0. The van der Waals surface area contributed by atoms with Crippen molar-refractivity contribution in [1.82, 2.24) is 16.4 Å². The summed E-state index contributed by atoms with van der Waals surface area (Å²) in [5, 5.41) is 0. The molecule has 9 heteroatoms. The molecular formula is C15H13F4N3O2. The minimum absolute atomic E-state index is 0.230. The van der Waals surface area contributed by atoms with Crippen LogP contribution in [0.2, 0.25) is 0 Å². The molecule has 2 aromatic carbocycles. The fraction of sp³-hybridized carbons (Fsp3) is 0.200. The van der Waals surface area contributed by atoms with Gasteiger partial charge in [0.2, 0.25) is 0 Å². The smallest absolute Gasteiger partial charge is 0.473 e. The number of rotatable bonds is 4. The maximum atomic E-state index is 13.7. The van der Waals surface area contributed by atoms with Crippen molar-refractivity contribution in [2.45, 2.75) is 12.6 Å². The molecule has 1 fully saturated rings. The molecule has 3 N–H and O–H groups in total. The fourth-order valence-corrected chi connectivity index (χ4v) is 2.18. The molecule has 1 aliphatic heterocycles. The quantitative estimate of drug-likeness (QED) is 0.746. The molecule has 5 nitrogen and oxygen atoms in total. The number of hydrazine groups is 2. The van der Waals surface area contributed by atoms with Gasteiger partial charge >= 0.3 is 6.36 Å². The highest BCUT2D eigenvalue weighted by molar-refractivity contribution is 5.65. The molecule has 0 amide bonds. The first kappa shape index (κ1) is 16.5. The Morgan fingerprint density at radius 2 is 1.71 bits per heavy atom. The van der Waals surface area contributed by atoms with Gasteiger partial charge in [-0.2, -0.15) is 5.53 Å². The molecule has 0 aliphatic carbocycles. The van der Waals surface area contributed by atoms with Crippen molar-refractivity contribution in [3.05, 3.63) is 48.3 Å². The largest absolute Gasteiger partial charge is 0.573 e. The van der Waals surface area contributed by atoms with E-state index < -0.39 is 17.9 Å². The first-order chi connectivity index (χ1) is 11.4. The number of hydrogen-bond donors (Lipinski definition) is 3. The molecule has 1 unspecified atom stereocenters. The summed E-state index contributed by atoms with van der Waals surface area (Å²) in [6, 6.07) is 10.0. The van der Waals surface area contributed by atoms with Crippen molar-refractivity contribution < 1.29 is 27.0 Å². The van der Waals surface area contributed by atoms with E-state index in [0.717, 1.165) is 12.1 Å². The molecule has 1 saturated heterocycles. The molecular weight excluding hydrogens is 330 g/mol. The van der Waals surface area contributed by atoms with Crippen LogP contribution in [0.4, 0.5) is 17.6 Å². The topological polar surface area (TPSA) is 54.5 Å². The standard InChI is InChI=1S/C15H13F4N3O2/c16-12-7-10(3-6-13(12)24-15(17,18)19)9-1-4-11(5-2-9)23-14-8-20-22-21-14/h1-7,14,20-22H,8H2. The zero-order valence-electron chi connectivity index (χ0n) is 12.2. The lowest BCUT2D eigenvalue weighted by molar-refractivity contribution is -0.275. The van der Waals surface area contributed by atoms with Crippen molar-refractivity contribution in [1.29, 1.82) is 0 Å². The fourth-order valence-electron chi connectivity index (χ4n) is 2.18. The summed E-state index contributed by atoms with van der Waals surface area (Å²) in [7, 11) is 0. The van der Waals surface area contributed by atoms with Gasteiger partial charge in [0.25, 0.3) is 0 Å². The minimum atomic E-state index is -4.93. The summed E-state index contributed by atoms with van der Waals surface area (Å²) in [5.41, 5.74) is 9.44. The summed E-state index contributed by atoms with van der Waals surface area (Å²) in [6.45, 7) is 0.577. The van der Waals surface area contributed by atoms with Gasteiger partial charge in [-0.05, 0) is 35.4 Å². The van der Waals surface area contributed by atoms with E-state index >= 15 is 0 Å². The molecule has 3 rings (SSSR count). The maximum absolute atomic E-state index is 13.7. The predicted octanol–water partition coefficient (Wildman–Crippen LogP) is 2.71. The van der Waals surface area contributed by atoms with Gasteiger partial charge in [-0.1, -0.05) is 18.2 Å². The van der Waals surface area contributed by atoms with Crippen LogP contribution in [0, 0.1) is 5.82 Å². The van der Waals surface area contributed by atoms with Crippen LogP contribution in [-0.2, 0) is 0 Å². The highest BCUT2D eigenvalue weighted by Crippen LogP contribution is 2.30. The van der Waals surface area contributed by atoms with Crippen LogP contribution in [0.5, 0.6) is 11.5 Å². The SMILES string of the molecule is Fc1cc(-c2ccc(OC3CNNN3)cc2)ccc1OC(F)(F)F. The van der Waals surface area contributed by atoms with Crippen LogP contribution < -0.4 is 25.9 Å². The van der Waals surface area contributed by atoms with E-state index in [2.05, 4.69) is 21.1 Å². The van der Waals surface area contributed by atoms with Gasteiger partial charge in [0, 0.05) is 0 Å². The summed E-state index contributed by atoms with van der Waals surface area (Å²) < 4.78 is 59.4. The monoisotopic (exact) mass is 343 g/mol. The molecule has 1 aliphatic rings. The molecule has 24 heavy (non-hydrogen) atoms. The Hall–Kier alpha value is -2.36. The van der Waals surface area contributed by atoms with Crippen molar-refractivity contribution in [3.63, 3.8) is 0 Å². The van der Waals surface area contributed by atoms with Gasteiger partial charge in [-0.3, -0.25) is 0 Å². The van der Waals surface area contributed by atoms with Crippen LogP contribution in [0.3, 0.4) is 0 Å². The normalized spacial score (nSPS) is 17.8. The van der Waals surface area contributed by atoms with Crippen molar-refractivity contribution >= 4 is 0 Å². The highest BCUT2D eigenvalue weighted by atomic mass is 19.4. The Morgan fingerprint density at radius 1 is 1.00 bits per heavy atom. The number of alkyl halides is 3. The summed E-state index contributed by atoms with van der Waals surface area (Å²) in [5.74, 6) is -1.35. The molecule has 0 saturated carbocycles. The van der Waals surface area contributed by atoms with Gasteiger partial charge < -0.3 is 9.47 Å². The van der Waals surface area contributed by atoms with E-state index in [4.69, 9.17) is 4.74 Å².